The summed E-state index contributed by atoms with van der Waals surface area (Å²) in [4.78, 5) is 1.18. The summed E-state index contributed by atoms with van der Waals surface area (Å²) >= 11 is 7.44. The van der Waals surface area contributed by atoms with Gasteiger partial charge in [0.1, 0.15) is 0 Å². The van der Waals surface area contributed by atoms with Gasteiger partial charge in [-0.25, -0.2) is 0 Å². The van der Waals surface area contributed by atoms with Gasteiger partial charge in [-0.1, -0.05) is 11.6 Å². The normalized spacial score (nSPS) is 12.6. The van der Waals surface area contributed by atoms with E-state index in [1.54, 1.807) is 23.7 Å². The van der Waals surface area contributed by atoms with Crippen LogP contribution in [-0.4, -0.2) is 10.2 Å². The number of hydrogen-bond acceptors (Lipinski definition) is 5. The first kappa shape index (κ1) is 11.5. The van der Waals surface area contributed by atoms with E-state index in [2.05, 4.69) is 15.6 Å². The maximum atomic E-state index is 5.88. The molecule has 16 heavy (non-hydrogen) atoms. The van der Waals surface area contributed by atoms with Crippen molar-refractivity contribution in [3.05, 3.63) is 45.4 Å². The van der Waals surface area contributed by atoms with Crippen molar-refractivity contribution in [2.75, 3.05) is 0 Å². The molecule has 0 saturated heterocycles. The molecule has 0 fully saturated rings. The second kappa shape index (κ2) is 5.36. The van der Waals surface area contributed by atoms with Gasteiger partial charge in [0.15, 0.2) is 0 Å². The van der Waals surface area contributed by atoms with Crippen molar-refractivity contribution >= 4 is 22.9 Å². The summed E-state index contributed by atoms with van der Waals surface area (Å²) in [7, 11) is 0. The fourth-order valence-electron chi connectivity index (χ4n) is 1.44. The predicted octanol–water partition coefficient (Wildman–Crippen LogP) is 1.94. The van der Waals surface area contributed by atoms with E-state index < -0.39 is 0 Å². The molecule has 0 aliphatic heterocycles. The van der Waals surface area contributed by atoms with Gasteiger partial charge >= 0.3 is 0 Å². The van der Waals surface area contributed by atoms with E-state index in [1.165, 1.54) is 4.88 Å². The Morgan fingerprint density at radius 2 is 2.25 bits per heavy atom. The zero-order valence-electron chi connectivity index (χ0n) is 8.43. The largest absolute Gasteiger partial charge is 0.271 e. The molecule has 6 heteroatoms. The van der Waals surface area contributed by atoms with Crippen molar-refractivity contribution in [2.45, 2.75) is 12.5 Å². The Labute approximate surface area is 102 Å². The highest BCUT2D eigenvalue weighted by Crippen LogP contribution is 2.25. The zero-order chi connectivity index (χ0) is 11.4. The molecule has 0 aliphatic rings. The minimum absolute atomic E-state index is 0.0326. The SMILES string of the molecule is NNC(Cc1ccc(Cl)s1)c1ccnnc1. The van der Waals surface area contributed by atoms with Crippen LogP contribution in [0.2, 0.25) is 4.34 Å². The minimum atomic E-state index is 0.0326. The number of hydrogen-bond donors (Lipinski definition) is 2. The molecule has 0 saturated carbocycles. The third-order valence-electron chi connectivity index (χ3n) is 2.24. The number of nitrogens with zero attached hydrogens (tertiary/aromatic N) is 2. The molecule has 1 unspecified atom stereocenters. The number of aromatic nitrogens is 2. The topological polar surface area (TPSA) is 63.8 Å². The highest BCUT2D eigenvalue weighted by molar-refractivity contribution is 7.16. The van der Waals surface area contributed by atoms with Crippen LogP contribution < -0.4 is 11.3 Å². The number of nitrogens with one attached hydrogen (secondary N) is 1. The molecular weight excluding hydrogens is 244 g/mol. The van der Waals surface area contributed by atoms with Gasteiger partial charge in [-0.2, -0.15) is 10.2 Å². The molecule has 84 valence electrons. The molecule has 0 amide bonds. The Morgan fingerprint density at radius 1 is 1.38 bits per heavy atom. The molecule has 0 bridgehead atoms. The van der Waals surface area contributed by atoms with E-state index >= 15 is 0 Å². The third-order valence-corrected chi connectivity index (χ3v) is 3.50. The van der Waals surface area contributed by atoms with E-state index in [0.717, 1.165) is 16.3 Å². The van der Waals surface area contributed by atoms with Gasteiger partial charge in [0.25, 0.3) is 0 Å². The first-order valence-corrected chi connectivity index (χ1v) is 5.96. The van der Waals surface area contributed by atoms with Crippen LogP contribution in [0, 0.1) is 0 Å². The monoisotopic (exact) mass is 254 g/mol. The summed E-state index contributed by atoms with van der Waals surface area (Å²) in [5.74, 6) is 5.53. The van der Waals surface area contributed by atoms with Gasteiger partial charge in [-0.05, 0) is 23.8 Å². The smallest absolute Gasteiger partial charge is 0.0931 e. The molecule has 2 aromatic heterocycles. The second-order valence-electron chi connectivity index (χ2n) is 3.30. The fourth-order valence-corrected chi connectivity index (χ4v) is 2.58. The number of hydrazine groups is 1. The van der Waals surface area contributed by atoms with Crippen molar-refractivity contribution in [3.63, 3.8) is 0 Å². The van der Waals surface area contributed by atoms with Crippen molar-refractivity contribution < 1.29 is 0 Å². The third kappa shape index (κ3) is 2.76. The first-order valence-electron chi connectivity index (χ1n) is 4.76. The van der Waals surface area contributed by atoms with Crippen LogP contribution in [0.5, 0.6) is 0 Å². The highest BCUT2D eigenvalue weighted by Gasteiger charge is 2.11. The van der Waals surface area contributed by atoms with Gasteiger partial charge in [0, 0.05) is 17.5 Å². The molecule has 4 nitrogen and oxygen atoms in total. The molecule has 0 aromatic carbocycles. The maximum absolute atomic E-state index is 5.88. The molecule has 3 N–H and O–H groups in total. The summed E-state index contributed by atoms with van der Waals surface area (Å²) < 4.78 is 0.790. The Morgan fingerprint density at radius 3 is 2.81 bits per heavy atom. The van der Waals surface area contributed by atoms with E-state index in [-0.39, 0.29) is 6.04 Å². The molecule has 0 radical (unpaired) electrons. The maximum Gasteiger partial charge on any atom is 0.0931 e. The Kier molecular flexibility index (Phi) is 3.84. The average Bonchev–Trinajstić information content (AvgIpc) is 2.73. The van der Waals surface area contributed by atoms with Gasteiger partial charge in [-0.15, -0.1) is 11.3 Å². The van der Waals surface area contributed by atoms with E-state index in [4.69, 9.17) is 17.4 Å². The summed E-state index contributed by atoms with van der Waals surface area (Å²) in [6, 6.07) is 5.82. The van der Waals surface area contributed by atoms with Gasteiger partial charge in [0.2, 0.25) is 0 Å². The summed E-state index contributed by atoms with van der Waals surface area (Å²) in [5, 5.41) is 7.57. The molecule has 2 heterocycles. The number of rotatable bonds is 4. The van der Waals surface area contributed by atoms with Crippen molar-refractivity contribution in [3.8, 4) is 0 Å². The van der Waals surface area contributed by atoms with Crippen LogP contribution in [-0.2, 0) is 6.42 Å². The van der Waals surface area contributed by atoms with Crippen LogP contribution in [0.1, 0.15) is 16.5 Å². The number of nitrogens with two attached hydrogens (primary N) is 1. The summed E-state index contributed by atoms with van der Waals surface area (Å²) in [6.45, 7) is 0. The molecule has 2 rings (SSSR count). The van der Waals surface area contributed by atoms with Crippen molar-refractivity contribution in [1.82, 2.24) is 15.6 Å². The standard InChI is InChI=1S/C10H11ClN4S/c11-10-2-1-8(16-10)5-9(15-12)7-3-4-13-14-6-7/h1-4,6,9,15H,5,12H2. The Balaban J connectivity index is 2.12. The first-order chi connectivity index (χ1) is 7.79. The van der Waals surface area contributed by atoms with Crippen LogP contribution in [0.25, 0.3) is 0 Å². The van der Waals surface area contributed by atoms with Crippen LogP contribution >= 0.6 is 22.9 Å². The molecule has 0 aliphatic carbocycles. The highest BCUT2D eigenvalue weighted by atomic mass is 35.5. The lowest BCUT2D eigenvalue weighted by atomic mass is 10.1. The quantitative estimate of drug-likeness (QED) is 0.647. The van der Waals surface area contributed by atoms with Crippen LogP contribution in [0.4, 0.5) is 0 Å². The molecule has 1 atom stereocenters. The Bertz CT molecular complexity index is 445. The van der Waals surface area contributed by atoms with E-state index in [1.807, 2.05) is 18.2 Å². The fraction of sp³-hybridized carbons (Fsp3) is 0.200. The lowest BCUT2D eigenvalue weighted by Gasteiger charge is -2.14. The summed E-state index contributed by atoms with van der Waals surface area (Å²) in [6.07, 6.45) is 4.15. The molecule has 2 aromatic rings. The van der Waals surface area contributed by atoms with Gasteiger partial charge in [0.05, 0.1) is 16.6 Å². The average molecular weight is 255 g/mol. The van der Waals surface area contributed by atoms with Crippen LogP contribution in [0.3, 0.4) is 0 Å². The Hall–Kier alpha value is -1.01. The van der Waals surface area contributed by atoms with Crippen molar-refractivity contribution in [1.29, 1.82) is 0 Å². The van der Waals surface area contributed by atoms with Crippen molar-refractivity contribution in [2.24, 2.45) is 5.84 Å². The van der Waals surface area contributed by atoms with E-state index in [9.17, 15) is 0 Å². The lowest BCUT2D eigenvalue weighted by molar-refractivity contribution is 0.552. The minimum Gasteiger partial charge on any atom is -0.271 e. The van der Waals surface area contributed by atoms with Crippen LogP contribution in [0.15, 0.2) is 30.6 Å². The lowest BCUT2D eigenvalue weighted by Crippen LogP contribution is -2.29. The van der Waals surface area contributed by atoms with Gasteiger partial charge in [-0.3, -0.25) is 11.3 Å². The predicted molar refractivity (Wildman–Crippen MR) is 65.1 cm³/mol. The number of halogens is 1. The number of thiophene rings is 1. The zero-order valence-corrected chi connectivity index (χ0v) is 10.0. The summed E-state index contributed by atoms with van der Waals surface area (Å²) in [5.41, 5.74) is 3.79. The molecular formula is C10H11ClN4S. The van der Waals surface area contributed by atoms with E-state index in [0.29, 0.717) is 0 Å². The second-order valence-corrected chi connectivity index (χ2v) is 5.10. The molecule has 0 spiro atoms. The van der Waals surface area contributed by atoms with Gasteiger partial charge < -0.3 is 0 Å².